The van der Waals surface area contributed by atoms with Crippen LogP contribution < -0.4 is 15.3 Å². The Hall–Kier alpha value is -3.39. The van der Waals surface area contributed by atoms with E-state index in [1.54, 1.807) is 24.3 Å². The van der Waals surface area contributed by atoms with Crippen LogP contribution in [0.2, 0.25) is 0 Å². The van der Waals surface area contributed by atoms with Crippen molar-refractivity contribution in [1.29, 1.82) is 0 Å². The van der Waals surface area contributed by atoms with Crippen molar-refractivity contribution in [1.82, 2.24) is 19.7 Å². The third kappa shape index (κ3) is 6.99. The van der Waals surface area contributed by atoms with Gasteiger partial charge in [-0.15, -0.1) is 0 Å². The fourth-order valence-electron chi connectivity index (χ4n) is 7.30. The van der Waals surface area contributed by atoms with Crippen LogP contribution in [0.25, 0.3) is 5.52 Å². The van der Waals surface area contributed by atoms with Crippen molar-refractivity contribution in [2.24, 2.45) is 10.4 Å². The van der Waals surface area contributed by atoms with Gasteiger partial charge in [0.15, 0.2) is 11.4 Å². The van der Waals surface area contributed by atoms with Crippen LogP contribution in [0.15, 0.2) is 47.7 Å². The highest BCUT2D eigenvalue weighted by molar-refractivity contribution is 7.52. The molecule has 0 bridgehead atoms. The normalized spacial score (nSPS) is 27.4. The van der Waals surface area contributed by atoms with Gasteiger partial charge in [0, 0.05) is 13.3 Å². The molecule has 6 atom stereocenters. The number of aromatic nitrogens is 3. The average molecular weight is 699 g/mol. The maximum atomic E-state index is 14.4. The van der Waals surface area contributed by atoms with E-state index in [2.05, 4.69) is 40.9 Å². The first-order chi connectivity index (χ1) is 23.2. The Kier molecular flexibility index (Phi) is 9.68. The number of rotatable bonds is 11. The molecule has 1 saturated heterocycles. The van der Waals surface area contributed by atoms with Crippen LogP contribution in [-0.2, 0) is 34.4 Å². The first-order valence-electron chi connectivity index (χ1n) is 16.8. The zero-order chi connectivity index (χ0) is 35.2. The monoisotopic (exact) mass is 698 g/mol. The standard InChI is InChI=1S/C34H47N6O8P/c1-21(31(43)46-24-16-33(17-24)14-6-7-15-33)39-49(44,48-23-10-8-22(9-11-23)32(2,3)4)45-18-26-28(41)29(42)34(47-26,19-36-5)27-13-12-25-30(35)37-20-38-40(25)27/h8-13,19-21,24,26,28-29,41-42H,6-7,14-18H2,1-5H3,(H,39,44)(H2,35,37,38)/t21-,26+,28+,29+,34-,49?/m0/s1. The summed E-state index contributed by atoms with van der Waals surface area (Å²) in [5.74, 6) is -0.121. The lowest BCUT2D eigenvalue weighted by Gasteiger charge is -2.44. The summed E-state index contributed by atoms with van der Waals surface area (Å²) in [6, 6.07) is 9.33. The predicted molar refractivity (Wildman–Crippen MR) is 182 cm³/mol. The molecule has 15 heteroatoms. The first kappa shape index (κ1) is 35.4. The van der Waals surface area contributed by atoms with Gasteiger partial charge in [0.2, 0.25) is 0 Å². The molecule has 0 amide bonds. The van der Waals surface area contributed by atoms with Crippen molar-refractivity contribution in [2.75, 3.05) is 19.4 Å². The number of benzene rings is 1. The van der Waals surface area contributed by atoms with E-state index < -0.39 is 50.3 Å². The van der Waals surface area contributed by atoms with E-state index in [4.69, 9.17) is 24.3 Å². The SMILES string of the molecule is CN=C[C@@]1(c2ccc3c(N)ncnn23)O[C@H](COP(=O)(N[C@@H](C)C(=O)OC2CC3(CCCC3)C2)Oc2ccc(C(C)(C)C)cc2)[C@@H](O)[C@H]1O. The van der Waals surface area contributed by atoms with Gasteiger partial charge in [-0.2, -0.15) is 10.2 Å². The third-order valence-corrected chi connectivity index (χ3v) is 11.7. The molecule has 14 nitrogen and oxygen atoms in total. The molecule has 2 aliphatic carbocycles. The van der Waals surface area contributed by atoms with E-state index in [1.807, 2.05) is 12.1 Å². The van der Waals surface area contributed by atoms with E-state index in [9.17, 15) is 19.6 Å². The Morgan fingerprint density at radius 2 is 1.90 bits per heavy atom. The number of nitrogens with two attached hydrogens (primary N) is 1. The van der Waals surface area contributed by atoms with Gasteiger partial charge in [-0.05, 0) is 73.3 Å². The summed E-state index contributed by atoms with van der Waals surface area (Å²) in [6.07, 6.45) is 4.63. The summed E-state index contributed by atoms with van der Waals surface area (Å²) >= 11 is 0. The Morgan fingerprint density at radius 3 is 2.55 bits per heavy atom. The van der Waals surface area contributed by atoms with Crippen LogP contribution in [0.4, 0.5) is 5.82 Å². The van der Waals surface area contributed by atoms with Crippen LogP contribution in [-0.4, -0.2) is 81.1 Å². The molecule has 1 aliphatic heterocycles. The number of nitrogens with one attached hydrogen (secondary N) is 1. The number of anilines is 1. The largest absolute Gasteiger partial charge is 0.461 e. The molecule has 0 radical (unpaired) electrons. The molecule has 3 heterocycles. The van der Waals surface area contributed by atoms with Gasteiger partial charge >= 0.3 is 13.7 Å². The minimum Gasteiger partial charge on any atom is -0.461 e. The summed E-state index contributed by atoms with van der Waals surface area (Å²) in [5, 5.41) is 29.6. The molecule has 49 heavy (non-hydrogen) atoms. The number of aliphatic hydroxyl groups is 2. The summed E-state index contributed by atoms with van der Waals surface area (Å²) < 4.78 is 39.7. The van der Waals surface area contributed by atoms with E-state index in [0.717, 1.165) is 31.2 Å². The number of esters is 1. The number of aliphatic hydroxyl groups excluding tert-OH is 2. The zero-order valence-corrected chi connectivity index (χ0v) is 29.5. The fourth-order valence-corrected chi connectivity index (χ4v) is 8.80. The number of hydrogen-bond acceptors (Lipinski definition) is 12. The zero-order valence-electron chi connectivity index (χ0n) is 28.6. The highest BCUT2D eigenvalue weighted by Gasteiger charge is 2.56. The Labute approximate surface area is 286 Å². The minimum atomic E-state index is -4.33. The second-order valence-corrected chi connectivity index (χ2v) is 16.3. The second kappa shape index (κ2) is 13.4. The van der Waals surface area contributed by atoms with Crippen LogP contribution in [0.5, 0.6) is 5.75 Å². The lowest BCUT2D eigenvalue weighted by Crippen LogP contribution is -2.45. The van der Waals surface area contributed by atoms with Gasteiger partial charge in [0.25, 0.3) is 0 Å². The maximum absolute atomic E-state index is 14.4. The molecule has 3 aliphatic rings. The number of ether oxygens (including phenoxy) is 2. The predicted octanol–water partition coefficient (Wildman–Crippen LogP) is 4.07. The molecular weight excluding hydrogens is 651 g/mol. The van der Waals surface area contributed by atoms with Gasteiger partial charge in [0.1, 0.15) is 48.1 Å². The van der Waals surface area contributed by atoms with Crippen molar-refractivity contribution in [2.45, 2.75) is 108 Å². The molecular formula is C34H47N6O8P. The fraction of sp³-hybridized carbons (Fsp3) is 0.588. The molecule has 1 aromatic carbocycles. The van der Waals surface area contributed by atoms with E-state index in [-0.39, 0.29) is 23.1 Å². The van der Waals surface area contributed by atoms with Crippen LogP contribution in [0, 0.1) is 5.41 Å². The molecule has 266 valence electrons. The Bertz CT molecular complexity index is 1730. The number of aliphatic imine (C=N–C) groups is 1. The number of carbonyl (C=O) groups excluding carboxylic acids is 1. The van der Waals surface area contributed by atoms with Gasteiger partial charge < -0.3 is 29.9 Å². The number of nitrogen functional groups attached to an aromatic ring is 1. The van der Waals surface area contributed by atoms with Gasteiger partial charge in [0.05, 0.1) is 12.3 Å². The van der Waals surface area contributed by atoms with Gasteiger partial charge in [-0.25, -0.2) is 14.1 Å². The van der Waals surface area contributed by atoms with Crippen molar-refractivity contribution in [3.05, 3.63) is 54.0 Å². The van der Waals surface area contributed by atoms with Gasteiger partial charge in [-0.3, -0.25) is 14.3 Å². The summed E-state index contributed by atoms with van der Waals surface area (Å²) in [6.45, 7) is 7.27. The summed E-state index contributed by atoms with van der Waals surface area (Å²) in [4.78, 5) is 21.3. The van der Waals surface area contributed by atoms with E-state index in [0.29, 0.717) is 16.6 Å². The number of fused-ring (bicyclic) bond motifs is 1. The van der Waals surface area contributed by atoms with Crippen LogP contribution in [0.3, 0.4) is 0 Å². The van der Waals surface area contributed by atoms with Crippen molar-refractivity contribution in [3.63, 3.8) is 0 Å². The molecule has 1 unspecified atom stereocenters. The highest BCUT2D eigenvalue weighted by atomic mass is 31.2. The number of nitrogens with zero attached hydrogens (tertiary/aromatic N) is 4. The van der Waals surface area contributed by atoms with Crippen LogP contribution in [0.1, 0.15) is 77.5 Å². The topological polar surface area (TPSA) is 192 Å². The Balaban J connectivity index is 1.21. The average Bonchev–Trinajstić information content (AvgIpc) is 3.75. The Morgan fingerprint density at radius 1 is 1.20 bits per heavy atom. The molecule has 6 rings (SSSR count). The van der Waals surface area contributed by atoms with Crippen LogP contribution >= 0.6 is 7.75 Å². The highest BCUT2D eigenvalue weighted by Crippen LogP contribution is 2.54. The molecule has 1 spiro atoms. The van der Waals surface area contributed by atoms with Gasteiger partial charge in [-0.1, -0.05) is 45.7 Å². The smallest absolute Gasteiger partial charge is 0.459 e. The molecule has 5 N–H and O–H groups in total. The molecule has 2 aromatic heterocycles. The second-order valence-electron chi connectivity index (χ2n) is 14.6. The van der Waals surface area contributed by atoms with Crippen molar-refractivity contribution >= 4 is 31.3 Å². The van der Waals surface area contributed by atoms with E-state index >= 15 is 0 Å². The molecule has 3 fully saturated rings. The van der Waals surface area contributed by atoms with Crippen molar-refractivity contribution in [3.8, 4) is 5.75 Å². The quantitative estimate of drug-likeness (QED) is 0.128. The first-order valence-corrected chi connectivity index (χ1v) is 18.3. The lowest BCUT2D eigenvalue weighted by atomic mass is 9.65. The van der Waals surface area contributed by atoms with Crippen molar-refractivity contribution < 1.29 is 38.1 Å². The third-order valence-electron chi connectivity index (χ3n) is 10.0. The summed E-state index contributed by atoms with van der Waals surface area (Å²) in [5.41, 5.74) is 6.36. The number of carbonyl (C=O) groups is 1. The molecule has 3 aromatic rings. The minimum absolute atomic E-state index is 0.123. The van der Waals surface area contributed by atoms with E-state index in [1.165, 1.54) is 43.9 Å². The lowest BCUT2D eigenvalue weighted by molar-refractivity contribution is -0.162. The summed E-state index contributed by atoms with van der Waals surface area (Å²) in [7, 11) is -2.83. The number of hydrogen-bond donors (Lipinski definition) is 4. The maximum Gasteiger partial charge on any atom is 0.459 e. The molecule has 2 saturated carbocycles.